The highest BCUT2D eigenvalue weighted by Crippen LogP contribution is 2.36. The van der Waals surface area contributed by atoms with Gasteiger partial charge in [0.15, 0.2) is 23.0 Å². The number of carbonyl (C=O) groups excluding carboxylic acids is 4. The van der Waals surface area contributed by atoms with Gasteiger partial charge in [-0.05, 0) is 30.3 Å². The lowest BCUT2D eigenvalue weighted by Gasteiger charge is -2.18. The minimum atomic E-state index is -1.66. The number of amides is 4. The van der Waals surface area contributed by atoms with E-state index in [0.717, 1.165) is 24.3 Å². The third-order valence-electron chi connectivity index (χ3n) is 3.98. The molecule has 1 heterocycles. The molecular formula is C18H14N6O10. The van der Waals surface area contributed by atoms with Gasteiger partial charge in [0.2, 0.25) is 0 Å². The fraction of sp³-hybridized carbons (Fsp3) is 0. The van der Waals surface area contributed by atoms with E-state index in [4.69, 9.17) is 35.8 Å². The third-order valence-corrected chi connectivity index (χ3v) is 3.98. The smallest absolute Gasteiger partial charge is 0.428 e. The Balaban J connectivity index is 2.24. The number of nitrogens with two attached hydrogens (primary N) is 2. The molecule has 0 aliphatic carbocycles. The molecule has 1 aliphatic heterocycles. The van der Waals surface area contributed by atoms with Crippen LogP contribution in [0.1, 0.15) is 21.5 Å². The summed E-state index contributed by atoms with van der Waals surface area (Å²) in [7, 11) is 0. The molecule has 1 aliphatic rings. The van der Waals surface area contributed by atoms with Gasteiger partial charge in [-0.2, -0.15) is 0 Å². The van der Waals surface area contributed by atoms with Crippen molar-refractivity contribution in [1.29, 1.82) is 5.41 Å². The van der Waals surface area contributed by atoms with E-state index in [2.05, 4.69) is 0 Å². The van der Waals surface area contributed by atoms with Crippen LogP contribution in [-0.4, -0.2) is 41.2 Å². The van der Waals surface area contributed by atoms with E-state index in [-0.39, 0.29) is 22.6 Å². The second kappa shape index (κ2) is 9.40. The number of benzene rings is 2. The van der Waals surface area contributed by atoms with Crippen LogP contribution in [0.3, 0.4) is 0 Å². The molecule has 176 valence electrons. The van der Waals surface area contributed by atoms with Crippen LogP contribution < -0.4 is 46.8 Å². The van der Waals surface area contributed by atoms with Gasteiger partial charge in [-0.25, -0.2) is 34.8 Å². The maximum absolute atomic E-state index is 12.1. The van der Waals surface area contributed by atoms with E-state index in [9.17, 15) is 29.1 Å². The molecule has 34 heavy (non-hydrogen) atoms. The van der Waals surface area contributed by atoms with Gasteiger partial charge in [-0.15, -0.1) is 5.53 Å². The van der Waals surface area contributed by atoms with E-state index in [0.29, 0.717) is 0 Å². The molecule has 16 nitrogen and oxygen atoms in total. The topological polar surface area (TPSA) is 254 Å². The lowest BCUT2D eigenvalue weighted by molar-refractivity contribution is 0.0692. The maximum Gasteiger partial charge on any atom is 0.428 e. The van der Waals surface area contributed by atoms with Gasteiger partial charge in [0, 0.05) is 11.1 Å². The van der Waals surface area contributed by atoms with Crippen LogP contribution in [-0.2, 0) is 0 Å². The quantitative estimate of drug-likeness (QED) is 0.319. The van der Waals surface area contributed by atoms with Gasteiger partial charge >= 0.3 is 30.3 Å². The average molecular weight is 474 g/mol. The predicted molar refractivity (Wildman–Crippen MR) is 108 cm³/mol. The zero-order valence-electron chi connectivity index (χ0n) is 16.7. The Hall–Kier alpha value is -5.38. The number of hydrazine groups is 2. The number of nitrogens with one attached hydrogen (secondary N) is 4. The molecule has 16 heteroatoms. The summed E-state index contributed by atoms with van der Waals surface area (Å²) < 4.78 is 19.4. The van der Waals surface area contributed by atoms with Crippen molar-refractivity contribution in [1.82, 2.24) is 16.4 Å². The summed E-state index contributed by atoms with van der Waals surface area (Å²) in [5, 5.41) is 18.3. The lowest BCUT2D eigenvalue weighted by atomic mass is 9.96. The molecule has 4 bridgehead atoms. The minimum Gasteiger partial charge on any atom is -0.478 e. The summed E-state index contributed by atoms with van der Waals surface area (Å²) in [6.45, 7) is 0. The maximum atomic E-state index is 12.1. The fourth-order valence-corrected chi connectivity index (χ4v) is 2.74. The largest absolute Gasteiger partial charge is 0.478 e. The van der Waals surface area contributed by atoms with Crippen LogP contribution in [0.25, 0.3) is 0 Å². The lowest BCUT2D eigenvalue weighted by Crippen LogP contribution is -2.51. The number of carboxylic acid groups (broad SMARTS) is 1. The standard InChI is InChI=1S/C18H14N6O10/c19-12-6-1-3-8(31-15(20)27)10(5-6)33-17(29)22-24-23-18(30)34-13-9(32-16(21)28)4-2-7(12)11(13)14(25)26/h1-5,19,24H,(H2,20,27)(H2,21,28)(H,22,29)(H,23,30)(H,25,26). The molecule has 0 atom stereocenters. The molecule has 0 fully saturated rings. The second-order valence-electron chi connectivity index (χ2n) is 6.15. The van der Waals surface area contributed by atoms with Crippen molar-refractivity contribution < 1.29 is 48.0 Å². The molecule has 2 aromatic rings. The molecule has 0 saturated heterocycles. The predicted octanol–water partition coefficient (Wildman–Crippen LogP) is 0.326. The van der Waals surface area contributed by atoms with Gasteiger partial charge in [-0.3, -0.25) is 5.41 Å². The molecule has 0 spiro atoms. The monoisotopic (exact) mass is 474 g/mol. The number of fused-ring (bicyclic) bond motifs is 4. The summed E-state index contributed by atoms with van der Waals surface area (Å²) in [6, 6.07) is 5.61. The van der Waals surface area contributed by atoms with Crippen LogP contribution in [0.4, 0.5) is 19.2 Å². The molecule has 0 saturated carbocycles. The number of ether oxygens (including phenoxy) is 4. The number of hydrogen-bond acceptors (Lipinski definition) is 11. The van der Waals surface area contributed by atoms with E-state index in [1.165, 1.54) is 6.07 Å². The normalized spacial score (nSPS) is 13.2. The highest BCUT2D eigenvalue weighted by molar-refractivity contribution is 6.17. The van der Waals surface area contributed by atoms with Gasteiger partial charge in [0.1, 0.15) is 5.56 Å². The Labute approximate surface area is 188 Å². The Morgan fingerprint density at radius 2 is 1.50 bits per heavy atom. The first-order valence-corrected chi connectivity index (χ1v) is 8.85. The van der Waals surface area contributed by atoms with Crippen molar-refractivity contribution in [3.8, 4) is 23.0 Å². The summed E-state index contributed by atoms with van der Waals surface area (Å²) in [4.78, 5) is 58.6. The first kappa shape index (κ1) is 23.3. The second-order valence-corrected chi connectivity index (χ2v) is 6.15. The van der Waals surface area contributed by atoms with Crippen LogP contribution in [0.15, 0.2) is 30.3 Å². The van der Waals surface area contributed by atoms with Crippen LogP contribution >= 0.6 is 0 Å². The highest BCUT2D eigenvalue weighted by atomic mass is 16.6. The SMILES string of the molecule is N=C1c2ccc(OC(N)=O)c(c2)OC(=O)NNNC(=O)Oc2c(OC(N)=O)ccc1c2C(=O)O. The Kier molecular flexibility index (Phi) is 6.44. The van der Waals surface area contributed by atoms with Crippen molar-refractivity contribution in [3.05, 3.63) is 47.0 Å². The average Bonchev–Trinajstić information content (AvgIpc) is 2.74. The molecule has 2 aromatic carbocycles. The molecular weight excluding hydrogens is 460 g/mol. The number of carboxylic acids is 1. The van der Waals surface area contributed by atoms with E-state index >= 15 is 0 Å². The van der Waals surface area contributed by atoms with Crippen LogP contribution in [0.2, 0.25) is 0 Å². The van der Waals surface area contributed by atoms with Crippen molar-refractivity contribution in [2.24, 2.45) is 11.5 Å². The van der Waals surface area contributed by atoms with Crippen molar-refractivity contribution in [2.45, 2.75) is 0 Å². The molecule has 0 aromatic heterocycles. The third kappa shape index (κ3) is 5.08. The summed E-state index contributed by atoms with van der Waals surface area (Å²) in [5.41, 5.74) is 14.1. The van der Waals surface area contributed by atoms with E-state index < -0.39 is 53.1 Å². The molecule has 9 N–H and O–H groups in total. The van der Waals surface area contributed by atoms with Crippen LogP contribution in [0, 0.1) is 5.41 Å². The first-order valence-electron chi connectivity index (χ1n) is 8.85. The molecule has 3 rings (SSSR count). The fourth-order valence-electron chi connectivity index (χ4n) is 2.74. The van der Waals surface area contributed by atoms with Gasteiger partial charge in [0.25, 0.3) is 0 Å². The first-order chi connectivity index (χ1) is 16.1. The molecule has 0 unspecified atom stereocenters. The zero-order chi connectivity index (χ0) is 25.0. The summed E-state index contributed by atoms with van der Waals surface area (Å²) in [6.07, 6.45) is -5.14. The van der Waals surface area contributed by atoms with Crippen molar-refractivity contribution >= 4 is 36.1 Å². The number of rotatable bonds is 3. The molecule has 4 amide bonds. The van der Waals surface area contributed by atoms with Crippen LogP contribution in [0.5, 0.6) is 23.0 Å². The Morgan fingerprint density at radius 3 is 2.12 bits per heavy atom. The Morgan fingerprint density at radius 1 is 0.912 bits per heavy atom. The Bertz CT molecular complexity index is 1240. The minimum absolute atomic E-state index is 0.0221. The van der Waals surface area contributed by atoms with Gasteiger partial charge in [-0.1, -0.05) is 0 Å². The number of primary amides is 2. The van der Waals surface area contributed by atoms with Gasteiger partial charge in [0.05, 0.1) is 5.71 Å². The van der Waals surface area contributed by atoms with Gasteiger partial charge < -0.3 is 35.5 Å². The van der Waals surface area contributed by atoms with Crippen molar-refractivity contribution in [3.63, 3.8) is 0 Å². The zero-order valence-corrected chi connectivity index (χ0v) is 16.7. The summed E-state index contributed by atoms with van der Waals surface area (Å²) >= 11 is 0. The highest BCUT2D eigenvalue weighted by Gasteiger charge is 2.28. The number of carbonyl (C=O) groups is 5. The molecule has 0 radical (unpaired) electrons. The van der Waals surface area contributed by atoms with Crippen molar-refractivity contribution in [2.75, 3.05) is 0 Å². The number of hydrogen-bond donors (Lipinski definition) is 7. The van der Waals surface area contributed by atoms with E-state index in [1.54, 1.807) is 0 Å². The number of aromatic carboxylic acids is 1. The summed E-state index contributed by atoms with van der Waals surface area (Å²) in [5.74, 6) is -3.65. The van der Waals surface area contributed by atoms with E-state index in [1.807, 2.05) is 16.4 Å².